The molecular formula is C17H15NO3. The zero-order valence-electron chi connectivity index (χ0n) is 11.4. The lowest BCUT2D eigenvalue weighted by atomic mass is 10.1. The Morgan fingerprint density at radius 2 is 1.67 bits per heavy atom. The summed E-state index contributed by atoms with van der Waals surface area (Å²) in [6, 6.07) is 16.1. The summed E-state index contributed by atoms with van der Waals surface area (Å²) < 4.78 is 5.13. The molecule has 0 bridgehead atoms. The van der Waals surface area contributed by atoms with Gasteiger partial charge in [0.15, 0.2) is 12.4 Å². The van der Waals surface area contributed by atoms with Gasteiger partial charge >= 0.3 is 0 Å². The first-order valence-corrected chi connectivity index (χ1v) is 6.44. The Balaban J connectivity index is 2.00. The highest BCUT2D eigenvalue weighted by molar-refractivity contribution is 6.06. The topological polar surface area (TPSA) is 69.4 Å². The molecule has 2 N–H and O–H groups in total. The number of ether oxygens (including phenoxy) is 1. The average Bonchev–Trinajstić information content (AvgIpc) is 2.52. The van der Waals surface area contributed by atoms with E-state index in [4.69, 9.17) is 10.5 Å². The van der Waals surface area contributed by atoms with Gasteiger partial charge in [-0.2, -0.15) is 0 Å². The Bertz CT molecular complexity index is 645. The summed E-state index contributed by atoms with van der Waals surface area (Å²) >= 11 is 0. The minimum Gasteiger partial charge on any atom is -0.484 e. The van der Waals surface area contributed by atoms with Crippen LogP contribution >= 0.6 is 0 Å². The highest BCUT2D eigenvalue weighted by Crippen LogP contribution is 2.13. The van der Waals surface area contributed by atoms with Gasteiger partial charge in [0.1, 0.15) is 5.75 Å². The van der Waals surface area contributed by atoms with E-state index in [-0.39, 0.29) is 12.4 Å². The number of carbonyl (C=O) groups is 2. The van der Waals surface area contributed by atoms with E-state index >= 15 is 0 Å². The molecule has 0 saturated carbocycles. The monoisotopic (exact) mass is 281 g/mol. The van der Waals surface area contributed by atoms with Crippen molar-refractivity contribution in [2.75, 3.05) is 6.61 Å². The van der Waals surface area contributed by atoms with Crippen LogP contribution in [0.2, 0.25) is 0 Å². The van der Waals surface area contributed by atoms with Crippen molar-refractivity contribution in [2.45, 2.75) is 0 Å². The molecule has 2 rings (SSSR count). The zero-order chi connectivity index (χ0) is 15.1. The first-order valence-electron chi connectivity index (χ1n) is 6.44. The van der Waals surface area contributed by atoms with Crippen molar-refractivity contribution in [1.82, 2.24) is 0 Å². The van der Waals surface area contributed by atoms with Crippen molar-refractivity contribution in [3.8, 4) is 5.75 Å². The third-order valence-corrected chi connectivity index (χ3v) is 2.75. The fraction of sp³-hybridized carbons (Fsp3) is 0.0588. The van der Waals surface area contributed by atoms with Gasteiger partial charge in [0.25, 0.3) is 5.91 Å². The Kier molecular flexibility index (Phi) is 4.88. The lowest BCUT2D eigenvalue weighted by Crippen LogP contribution is -2.19. The van der Waals surface area contributed by atoms with Gasteiger partial charge in [-0.25, -0.2) is 0 Å². The van der Waals surface area contributed by atoms with E-state index in [0.29, 0.717) is 11.3 Å². The Labute approximate surface area is 122 Å². The first-order chi connectivity index (χ1) is 10.1. The minimum atomic E-state index is -0.541. The number of hydrogen-bond acceptors (Lipinski definition) is 3. The van der Waals surface area contributed by atoms with Crippen LogP contribution in [0.5, 0.6) is 5.75 Å². The lowest BCUT2D eigenvalue weighted by molar-refractivity contribution is -0.119. The molecule has 2 aromatic rings. The molecule has 0 aromatic heterocycles. The molecule has 4 nitrogen and oxygen atoms in total. The summed E-state index contributed by atoms with van der Waals surface area (Å²) in [4.78, 5) is 22.6. The fourth-order valence-corrected chi connectivity index (χ4v) is 1.70. The van der Waals surface area contributed by atoms with E-state index < -0.39 is 5.91 Å². The van der Waals surface area contributed by atoms with E-state index in [9.17, 15) is 9.59 Å². The molecular weight excluding hydrogens is 266 g/mol. The molecule has 21 heavy (non-hydrogen) atoms. The lowest BCUT2D eigenvalue weighted by Gasteiger charge is -2.03. The number of allylic oxidation sites excluding steroid dienone is 1. The number of amides is 1. The van der Waals surface area contributed by atoms with Gasteiger partial charge in [0.2, 0.25) is 0 Å². The molecule has 0 spiro atoms. The predicted octanol–water partition coefficient (Wildman–Crippen LogP) is 2.45. The standard InChI is InChI=1S/C17H15NO3/c18-17(20)12-21-15-9-7-14(8-10-15)16(19)11-6-13-4-2-1-3-5-13/h1-11H,12H2,(H2,18,20)/b11-6-. The van der Waals surface area contributed by atoms with E-state index in [1.165, 1.54) is 6.08 Å². The van der Waals surface area contributed by atoms with Gasteiger partial charge in [0, 0.05) is 5.56 Å². The Hall–Kier alpha value is -2.88. The zero-order valence-corrected chi connectivity index (χ0v) is 11.4. The van der Waals surface area contributed by atoms with Crippen LogP contribution in [0, 0.1) is 0 Å². The van der Waals surface area contributed by atoms with Crippen LogP contribution in [0.1, 0.15) is 15.9 Å². The number of ketones is 1. The molecule has 0 saturated heterocycles. The summed E-state index contributed by atoms with van der Waals surface area (Å²) in [6.07, 6.45) is 3.29. The SMILES string of the molecule is NC(=O)COc1ccc(C(=O)/C=C\c2ccccc2)cc1. The van der Waals surface area contributed by atoms with Crippen molar-refractivity contribution >= 4 is 17.8 Å². The normalized spacial score (nSPS) is 10.5. The number of primary amides is 1. The second-order valence-electron chi connectivity index (χ2n) is 4.39. The number of nitrogens with two attached hydrogens (primary N) is 1. The molecule has 1 amide bonds. The van der Waals surface area contributed by atoms with E-state index in [1.54, 1.807) is 30.3 Å². The van der Waals surface area contributed by atoms with Gasteiger partial charge < -0.3 is 10.5 Å². The predicted molar refractivity (Wildman–Crippen MR) is 80.9 cm³/mol. The third kappa shape index (κ3) is 4.62. The maximum Gasteiger partial charge on any atom is 0.255 e. The van der Waals surface area contributed by atoms with Crippen LogP contribution in [0.25, 0.3) is 6.08 Å². The van der Waals surface area contributed by atoms with Crippen molar-refractivity contribution < 1.29 is 14.3 Å². The quantitative estimate of drug-likeness (QED) is 0.653. The summed E-state index contributed by atoms with van der Waals surface area (Å²) in [7, 11) is 0. The molecule has 0 aliphatic heterocycles. The van der Waals surface area contributed by atoms with Gasteiger partial charge in [-0.05, 0) is 35.9 Å². The van der Waals surface area contributed by atoms with Crippen LogP contribution in [0.15, 0.2) is 60.7 Å². The Morgan fingerprint density at radius 3 is 2.29 bits per heavy atom. The smallest absolute Gasteiger partial charge is 0.255 e. The second-order valence-corrected chi connectivity index (χ2v) is 4.39. The van der Waals surface area contributed by atoms with E-state index in [0.717, 1.165) is 5.56 Å². The molecule has 0 heterocycles. The summed E-state index contributed by atoms with van der Waals surface area (Å²) in [5.74, 6) is -0.140. The average molecular weight is 281 g/mol. The van der Waals surface area contributed by atoms with Crippen molar-refractivity contribution in [3.63, 3.8) is 0 Å². The van der Waals surface area contributed by atoms with Gasteiger partial charge in [-0.1, -0.05) is 36.4 Å². The van der Waals surface area contributed by atoms with Gasteiger partial charge in [-0.3, -0.25) is 9.59 Å². The molecule has 0 fully saturated rings. The summed E-state index contributed by atoms with van der Waals surface area (Å²) in [5, 5.41) is 0. The molecule has 4 heteroatoms. The number of benzene rings is 2. The molecule has 0 aliphatic rings. The summed E-state index contributed by atoms with van der Waals surface area (Å²) in [5.41, 5.74) is 6.50. The van der Waals surface area contributed by atoms with Crippen LogP contribution in [-0.4, -0.2) is 18.3 Å². The maximum absolute atomic E-state index is 12.0. The molecule has 106 valence electrons. The fourth-order valence-electron chi connectivity index (χ4n) is 1.70. The molecule has 0 atom stereocenters. The highest BCUT2D eigenvalue weighted by Gasteiger charge is 2.03. The first kappa shape index (κ1) is 14.5. The summed E-state index contributed by atoms with van der Waals surface area (Å²) in [6.45, 7) is -0.179. The van der Waals surface area contributed by atoms with E-state index in [1.807, 2.05) is 30.3 Å². The minimum absolute atomic E-state index is 0.0969. The Morgan fingerprint density at radius 1 is 1.00 bits per heavy atom. The van der Waals surface area contributed by atoms with Crippen molar-refractivity contribution in [3.05, 3.63) is 71.8 Å². The second kappa shape index (κ2) is 7.05. The van der Waals surface area contributed by atoms with Crippen molar-refractivity contribution in [2.24, 2.45) is 5.73 Å². The van der Waals surface area contributed by atoms with Crippen LogP contribution in [-0.2, 0) is 4.79 Å². The van der Waals surface area contributed by atoms with Crippen LogP contribution in [0.3, 0.4) is 0 Å². The maximum atomic E-state index is 12.0. The van der Waals surface area contributed by atoms with Gasteiger partial charge in [0.05, 0.1) is 0 Å². The van der Waals surface area contributed by atoms with Crippen molar-refractivity contribution in [1.29, 1.82) is 0 Å². The largest absolute Gasteiger partial charge is 0.484 e. The molecule has 0 unspecified atom stereocenters. The molecule has 0 radical (unpaired) electrons. The van der Waals surface area contributed by atoms with Crippen LogP contribution in [0.4, 0.5) is 0 Å². The van der Waals surface area contributed by atoms with Gasteiger partial charge in [-0.15, -0.1) is 0 Å². The van der Waals surface area contributed by atoms with Crippen LogP contribution < -0.4 is 10.5 Å². The molecule has 2 aromatic carbocycles. The van der Waals surface area contributed by atoms with E-state index in [2.05, 4.69) is 0 Å². The number of hydrogen-bond donors (Lipinski definition) is 1. The number of rotatable bonds is 6. The third-order valence-electron chi connectivity index (χ3n) is 2.75. The number of carbonyl (C=O) groups excluding carboxylic acids is 2. The molecule has 0 aliphatic carbocycles. The highest BCUT2D eigenvalue weighted by atomic mass is 16.5.